The lowest BCUT2D eigenvalue weighted by molar-refractivity contribution is 0.494. The third kappa shape index (κ3) is 3.20. The minimum absolute atomic E-state index is 0.0242. The fourth-order valence-corrected chi connectivity index (χ4v) is 3.35. The van der Waals surface area contributed by atoms with Gasteiger partial charge in [-0.1, -0.05) is 19.8 Å². The second-order valence-electron chi connectivity index (χ2n) is 4.80. The molecule has 0 amide bonds. The first-order valence-corrected chi connectivity index (χ1v) is 7.74. The van der Waals surface area contributed by atoms with Crippen molar-refractivity contribution in [3.05, 3.63) is 18.3 Å². The molecule has 1 unspecified atom stereocenters. The van der Waals surface area contributed by atoms with Gasteiger partial charge in [0.2, 0.25) is 0 Å². The Morgan fingerprint density at radius 3 is 2.83 bits per heavy atom. The van der Waals surface area contributed by atoms with E-state index in [9.17, 15) is 8.42 Å². The molecule has 0 aromatic carbocycles. The van der Waals surface area contributed by atoms with Gasteiger partial charge in [0, 0.05) is 12.2 Å². The van der Waals surface area contributed by atoms with Gasteiger partial charge in [-0.2, -0.15) is 0 Å². The third-order valence-corrected chi connectivity index (χ3v) is 4.68. The second-order valence-corrected chi connectivity index (χ2v) is 6.43. The zero-order chi connectivity index (χ0) is 13.2. The monoisotopic (exact) mass is 269 g/mol. The molecule has 100 valence electrons. The summed E-state index contributed by atoms with van der Waals surface area (Å²) in [4.78, 5) is 3.86. The number of nitrogens with two attached hydrogens (primary N) is 1. The van der Waals surface area contributed by atoms with Crippen LogP contribution in [0.3, 0.4) is 0 Å². The molecule has 18 heavy (non-hydrogen) atoms. The summed E-state index contributed by atoms with van der Waals surface area (Å²) >= 11 is 0. The maximum atomic E-state index is 12.2. The van der Waals surface area contributed by atoms with Crippen molar-refractivity contribution in [3.63, 3.8) is 0 Å². The van der Waals surface area contributed by atoms with Crippen molar-refractivity contribution in [2.24, 2.45) is 5.92 Å². The quantitative estimate of drug-likeness (QED) is 0.820. The summed E-state index contributed by atoms with van der Waals surface area (Å²) in [6.45, 7) is 1.98. The molecule has 0 radical (unpaired) electrons. The van der Waals surface area contributed by atoms with Gasteiger partial charge in [-0.3, -0.25) is 0 Å². The first kappa shape index (κ1) is 13.3. The van der Waals surface area contributed by atoms with Gasteiger partial charge < -0.3 is 5.73 Å². The molecule has 0 aliphatic heterocycles. The van der Waals surface area contributed by atoms with Gasteiger partial charge in [-0.15, -0.1) is 0 Å². The van der Waals surface area contributed by atoms with E-state index in [0.29, 0.717) is 5.92 Å². The molecule has 6 heteroatoms. The molecule has 3 N–H and O–H groups in total. The predicted molar refractivity (Wildman–Crippen MR) is 70.4 cm³/mol. The number of anilines is 1. The van der Waals surface area contributed by atoms with Crippen LogP contribution >= 0.6 is 0 Å². The number of hydrogen-bond acceptors (Lipinski definition) is 4. The van der Waals surface area contributed by atoms with Crippen molar-refractivity contribution in [2.75, 3.05) is 5.73 Å². The van der Waals surface area contributed by atoms with E-state index in [0.717, 1.165) is 12.8 Å². The Kier molecular flexibility index (Phi) is 3.87. The smallest absolute Gasteiger partial charge is 0.260 e. The standard InChI is InChI=1S/C12H19N3O2S/c1-2-10(8-9-5-6-9)15-18(16,17)12-11(13)4-3-7-14-12/h3-4,7,9-10,15H,2,5-6,8,13H2,1H3. The molecule has 2 rings (SSSR count). The minimum atomic E-state index is -3.61. The van der Waals surface area contributed by atoms with Crippen LogP contribution in [0.2, 0.25) is 0 Å². The van der Waals surface area contributed by atoms with Gasteiger partial charge >= 0.3 is 0 Å². The number of nitrogens with one attached hydrogen (secondary N) is 1. The van der Waals surface area contributed by atoms with Crippen molar-refractivity contribution in [1.29, 1.82) is 0 Å². The number of nitrogens with zero attached hydrogens (tertiary/aromatic N) is 1. The molecule has 1 aromatic rings. The molecule has 1 atom stereocenters. The Hall–Kier alpha value is -1.14. The highest BCUT2D eigenvalue weighted by Gasteiger charge is 2.28. The van der Waals surface area contributed by atoms with E-state index >= 15 is 0 Å². The van der Waals surface area contributed by atoms with E-state index in [4.69, 9.17) is 5.73 Å². The van der Waals surface area contributed by atoms with Crippen molar-refractivity contribution in [3.8, 4) is 0 Å². The van der Waals surface area contributed by atoms with Crippen molar-refractivity contribution in [2.45, 2.75) is 43.7 Å². The average Bonchev–Trinajstić information content (AvgIpc) is 3.12. The van der Waals surface area contributed by atoms with Crippen LogP contribution in [0.4, 0.5) is 5.69 Å². The molecule has 1 aromatic heterocycles. The fourth-order valence-electron chi connectivity index (χ4n) is 1.96. The van der Waals surface area contributed by atoms with E-state index < -0.39 is 10.0 Å². The zero-order valence-electron chi connectivity index (χ0n) is 10.5. The highest BCUT2D eigenvalue weighted by Crippen LogP contribution is 2.34. The van der Waals surface area contributed by atoms with Crippen LogP contribution in [0.5, 0.6) is 0 Å². The zero-order valence-corrected chi connectivity index (χ0v) is 11.3. The fraction of sp³-hybridized carbons (Fsp3) is 0.583. The average molecular weight is 269 g/mol. The molecule has 0 bridgehead atoms. The summed E-state index contributed by atoms with van der Waals surface area (Å²) < 4.78 is 27.0. The minimum Gasteiger partial charge on any atom is -0.396 e. The molecule has 1 heterocycles. The van der Waals surface area contributed by atoms with Crippen LogP contribution in [0.1, 0.15) is 32.6 Å². The molecular formula is C12H19N3O2S. The number of pyridine rings is 1. The lowest BCUT2D eigenvalue weighted by atomic mass is 10.1. The Labute approximate surface area is 108 Å². The highest BCUT2D eigenvalue weighted by atomic mass is 32.2. The van der Waals surface area contributed by atoms with E-state index in [-0.39, 0.29) is 16.8 Å². The summed E-state index contributed by atoms with van der Waals surface area (Å²) in [5.74, 6) is 0.679. The predicted octanol–water partition coefficient (Wildman–Crippen LogP) is 1.52. The first-order valence-electron chi connectivity index (χ1n) is 6.25. The highest BCUT2D eigenvalue weighted by molar-refractivity contribution is 7.89. The van der Waals surface area contributed by atoms with Gasteiger partial charge in [0.25, 0.3) is 10.0 Å². The molecule has 1 fully saturated rings. The Morgan fingerprint density at radius 1 is 1.56 bits per heavy atom. The van der Waals surface area contributed by atoms with E-state index in [1.807, 2.05) is 6.92 Å². The van der Waals surface area contributed by atoms with E-state index in [1.54, 1.807) is 12.1 Å². The molecule has 1 saturated carbocycles. The van der Waals surface area contributed by atoms with Gasteiger partial charge in [0.15, 0.2) is 5.03 Å². The molecule has 1 aliphatic rings. The van der Waals surface area contributed by atoms with Gasteiger partial charge in [-0.25, -0.2) is 18.1 Å². The van der Waals surface area contributed by atoms with Crippen molar-refractivity contribution < 1.29 is 8.42 Å². The van der Waals surface area contributed by atoms with Crippen LogP contribution < -0.4 is 10.5 Å². The van der Waals surface area contributed by atoms with Crippen LogP contribution in [-0.2, 0) is 10.0 Å². The number of rotatable bonds is 6. The molecule has 1 aliphatic carbocycles. The Morgan fingerprint density at radius 2 is 2.28 bits per heavy atom. The summed E-state index contributed by atoms with van der Waals surface area (Å²) in [5, 5.41) is -0.0701. The van der Waals surface area contributed by atoms with Gasteiger partial charge in [-0.05, 0) is 30.9 Å². The summed E-state index contributed by atoms with van der Waals surface area (Å²) in [6, 6.07) is 3.14. The van der Waals surface area contributed by atoms with Crippen LogP contribution in [0.15, 0.2) is 23.4 Å². The molecule has 5 nitrogen and oxygen atoms in total. The summed E-state index contributed by atoms with van der Waals surface area (Å²) in [5.41, 5.74) is 5.84. The van der Waals surface area contributed by atoms with Crippen LogP contribution in [0.25, 0.3) is 0 Å². The van der Waals surface area contributed by atoms with Gasteiger partial charge in [0.1, 0.15) is 0 Å². The van der Waals surface area contributed by atoms with Crippen LogP contribution in [-0.4, -0.2) is 19.4 Å². The van der Waals surface area contributed by atoms with Crippen molar-refractivity contribution >= 4 is 15.7 Å². The number of aromatic nitrogens is 1. The SMILES string of the molecule is CCC(CC1CC1)NS(=O)(=O)c1ncccc1N. The lowest BCUT2D eigenvalue weighted by Gasteiger charge is -2.16. The Balaban J connectivity index is 2.12. The van der Waals surface area contributed by atoms with Gasteiger partial charge in [0.05, 0.1) is 5.69 Å². The van der Waals surface area contributed by atoms with E-state index in [1.165, 1.54) is 19.0 Å². The molecule has 0 spiro atoms. The summed E-state index contributed by atoms with van der Waals surface area (Å²) in [6.07, 6.45) is 5.55. The third-order valence-electron chi connectivity index (χ3n) is 3.18. The Bertz CT molecular complexity index is 512. The molecule has 0 saturated heterocycles. The van der Waals surface area contributed by atoms with Crippen molar-refractivity contribution in [1.82, 2.24) is 9.71 Å². The van der Waals surface area contributed by atoms with E-state index in [2.05, 4.69) is 9.71 Å². The number of nitrogen functional groups attached to an aromatic ring is 1. The van der Waals surface area contributed by atoms with Crippen LogP contribution in [0, 0.1) is 5.92 Å². The largest absolute Gasteiger partial charge is 0.396 e. The number of hydrogen-bond donors (Lipinski definition) is 2. The number of sulfonamides is 1. The topological polar surface area (TPSA) is 85.1 Å². The maximum absolute atomic E-state index is 12.2. The maximum Gasteiger partial charge on any atom is 0.260 e. The normalized spacial score (nSPS) is 17.6. The lowest BCUT2D eigenvalue weighted by Crippen LogP contribution is -2.35. The molecular weight excluding hydrogens is 250 g/mol. The summed E-state index contributed by atoms with van der Waals surface area (Å²) in [7, 11) is -3.61. The first-order chi connectivity index (χ1) is 8.53. The second kappa shape index (κ2) is 5.24.